The Morgan fingerprint density at radius 3 is 2.47 bits per heavy atom. The van der Waals surface area contributed by atoms with Crippen LogP contribution in [0.4, 0.5) is 0 Å². The average molecular weight is 230 g/mol. The maximum Gasteiger partial charge on any atom is 0.193 e. The molecule has 0 amide bonds. The summed E-state index contributed by atoms with van der Waals surface area (Å²) in [4.78, 5) is 0. The SMILES string of the molecule is CC(C)(C)[Si](C)(C)O[C@@H]1C=CO[C@@H]1CO. The summed E-state index contributed by atoms with van der Waals surface area (Å²) in [6.45, 7) is 11.0. The number of aliphatic hydroxyl groups is 1. The Bertz CT molecular complexity index is 243. The third kappa shape index (κ3) is 2.83. The third-order valence-corrected chi connectivity index (χ3v) is 7.78. The molecular weight excluding hydrogens is 208 g/mol. The van der Waals surface area contributed by atoms with Crippen LogP contribution in [-0.4, -0.2) is 32.2 Å². The molecule has 88 valence electrons. The summed E-state index contributed by atoms with van der Waals surface area (Å²) in [5.74, 6) is 0. The van der Waals surface area contributed by atoms with Gasteiger partial charge >= 0.3 is 0 Å². The molecule has 0 saturated carbocycles. The van der Waals surface area contributed by atoms with Crippen molar-refractivity contribution in [3.63, 3.8) is 0 Å². The minimum absolute atomic E-state index is 0.00624. The lowest BCUT2D eigenvalue weighted by atomic mass is 10.2. The van der Waals surface area contributed by atoms with Crippen molar-refractivity contribution >= 4 is 8.32 Å². The van der Waals surface area contributed by atoms with Crippen LogP contribution in [-0.2, 0) is 9.16 Å². The van der Waals surface area contributed by atoms with Crippen LogP contribution in [0.25, 0.3) is 0 Å². The molecule has 2 atom stereocenters. The van der Waals surface area contributed by atoms with Crippen LogP contribution in [0.3, 0.4) is 0 Å². The first-order chi connectivity index (χ1) is 6.78. The summed E-state index contributed by atoms with van der Waals surface area (Å²) in [5, 5.41) is 9.29. The highest BCUT2D eigenvalue weighted by Gasteiger charge is 2.41. The first kappa shape index (κ1) is 12.7. The number of hydrogen-bond donors (Lipinski definition) is 1. The normalized spacial score (nSPS) is 26.8. The molecule has 3 nitrogen and oxygen atoms in total. The molecule has 0 aromatic heterocycles. The van der Waals surface area contributed by atoms with Crippen LogP contribution in [0.2, 0.25) is 18.1 Å². The monoisotopic (exact) mass is 230 g/mol. The molecule has 1 heterocycles. The van der Waals surface area contributed by atoms with Gasteiger partial charge in [-0.3, -0.25) is 0 Å². The van der Waals surface area contributed by atoms with Crippen LogP contribution in [0.1, 0.15) is 20.8 Å². The van der Waals surface area contributed by atoms with Crippen molar-refractivity contribution in [2.45, 2.75) is 51.1 Å². The molecule has 0 bridgehead atoms. The van der Waals surface area contributed by atoms with Gasteiger partial charge in [0.15, 0.2) is 8.32 Å². The van der Waals surface area contributed by atoms with E-state index in [1.807, 2.05) is 6.08 Å². The Morgan fingerprint density at radius 1 is 1.40 bits per heavy atom. The fourth-order valence-corrected chi connectivity index (χ4v) is 2.47. The van der Waals surface area contributed by atoms with Crippen molar-refractivity contribution < 1.29 is 14.3 Å². The molecule has 1 rings (SSSR count). The van der Waals surface area contributed by atoms with Crippen molar-refractivity contribution in [2.24, 2.45) is 0 Å². The van der Waals surface area contributed by atoms with E-state index in [4.69, 9.17) is 14.3 Å². The quantitative estimate of drug-likeness (QED) is 0.756. The zero-order valence-corrected chi connectivity index (χ0v) is 11.3. The van der Waals surface area contributed by atoms with E-state index in [0.717, 1.165) is 0 Å². The lowest BCUT2D eigenvalue weighted by molar-refractivity contribution is 0.0266. The topological polar surface area (TPSA) is 38.7 Å². The standard InChI is InChI=1S/C11H22O3Si/c1-11(2,3)15(4,5)14-9-6-7-13-10(9)8-12/h6-7,9-10,12H,8H2,1-5H3/t9-,10-/m1/s1. The number of ether oxygens (including phenoxy) is 1. The lowest BCUT2D eigenvalue weighted by Crippen LogP contribution is -2.46. The van der Waals surface area contributed by atoms with E-state index in [1.165, 1.54) is 0 Å². The van der Waals surface area contributed by atoms with Gasteiger partial charge in [-0.2, -0.15) is 0 Å². The van der Waals surface area contributed by atoms with Gasteiger partial charge in [-0.1, -0.05) is 20.8 Å². The lowest BCUT2D eigenvalue weighted by Gasteiger charge is -2.38. The molecular formula is C11H22O3Si. The second-order valence-corrected chi connectivity index (χ2v) is 10.3. The molecule has 1 aliphatic heterocycles. The molecule has 0 spiro atoms. The molecule has 0 saturated heterocycles. The number of rotatable bonds is 3. The Morgan fingerprint density at radius 2 is 2.00 bits per heavy atom. The van der Waals surface area contributed by atoms with Gasteiger partial charge < -0.3 is 14.3 Å². The molecule has 0 aromatic rings. The summed E-state index contributed by atoms with van der Waals surface area (Å²) < 4.78 is 11.4. The zero-order chi connectivity index (χ0) is 11.7. The summed E-state index contributed by atoms with van der Waals surface area (Å²) in [5.41, 5.74) is 0. The van der Waals surface area contributed by atoms with Gasteiger partial charge in [0.25, 0.3) is 0 Å². The Balaban J connectivity index is 2.65. The smallest absolute Gasteiger partial charge is 0.193 e. The van der Waals surface area contributed by atoms with Gasteiger partial charge in [0, 0.05) is 0 Å². The van der Waals surface area contributed by atoms with Gasteiger partial charge in [0.2, 0.25) is 0 Å². The molecule has 0 unspecified atom stereocenters. The van der Waals surface area contributed by atoms with Gasteiger partial charge in [-0.05, 0) is 24.2 Å². The van der Waals surface area contributed by atoms with Gasteiger partial charge in [-0.15, -0.1) is 0 Å². The fourth-order valence-electron chi connectivity index (χ4n) is 1.20. The second kappa shape index (κ2) is 4.27. The van der Waals surface area contributed by atoms with E-state index in [0.29, 0.717) is 0 Å². The highest BCUT2D eigenvalue weighted by Crippen LogP contribution is 2.38. The van der Waals surface area contributed by atoms with Gasteiger partial charge in [-0.25, -0.2) is 0 Å². The van der Waals surface area contributed by atoms with Crippen LogP contribution >= 0.6 is 0 Å². The largest absolute Gasteiger partial charge is 0.493 e. The highest BCUT2D eigenvalue weighted by atomic mass is 28.4. The molecule has 0 fully saturated rings. The Hall–Kier alpha value is -0.323. The minimum Gasteiger partial charge on any atom is -0.493 e. The van der Waals surface area contributed by atoms with Crippen LogP contribution in [0, 0.1) is 0 Å². The van der Waals surface area contributed by atoms with Crippen molar-refractivity contribution in [3.05, 3.63) is 12.3 Å². The maximum absolute atomic E-state index is 9.11. The molecule has 4 heteroatoms. The van der Waals surface area contributed by atoms with E-state index in [1.54, 1.807) is 6.26 Å². The summed E-state index contributed by atoms with van der Waals surface area (Å²) in [6.07, 6.45) is 3.20. The van der Waals surface area contributed by atoms with Crippen molar-refractivity contribution in [1.29, 1.82) is 0 Å². The molecule has 0 radical (unpaired) electrons. The molecule has 0 aromatic carbocycles. The van der Waals surface area contributed by atoms with Crippen molar-refractivity contribution in [2.75, 3.05) is 6.61 Å². The Kier molecular flexibility index (Phi) is 3.63. The Labute approximate surface area is 93.2 Å². The molecule has 1 aliphatic rings. The third-order valence-electron chi connectivity index (χ3n) is 3.30. The molecule has 15 heavy (non-hydrogen) atoms. The number of aliphatic hydroxyl groups excluding tert-OH is 1. The van der Waals surface area contributed by atoms with E-state index in [2.05, 4.69) is 33.9 Å². The van der Waals surface area contributed by atoms with Crippen LogP contribution in [0.5, 0.6) is 0 Å². The summed E-state index contributed by atoms with van der Waals surface area (Å²) in [7, 11) is -1.77. The van der Waals surface area contributed by atoms with Gasteiger partial charge in [0.1, 0.15) is 12.2 Å². The van der Waals surface area contributed by atoms with E-state index in [-0.39, 0.29) is 23.9 Å². The van der Waals surface area contributed by atoms with Crippen molar-refractivity contribution in [1.82, 2.24) is 0 Å². The predicted octanol–water partition coefficient (Wildman–Crippen LogP) is 2.28. The zero-order valence-electron chi connectivity index (χ0n) is 10.3. The first-order valence-electron chi connectivity index (χ1n) is 5.39. The maximum atomic E-state index is 9.11. The summed E-state index contributed by atoms with van der Waals surface area (Å²) >= 11 is 0. The fraction of sp³-hybridized carbons (Fsp3) is 0.818. The van der Waals surface area contributed by atoms with E-state index >= 15 is 0 Å². The molecule has 1 N–H and O–H groups in total. The average Bonchev–Trinajstić information content (AvgIpc) is 2.48. The minimum atomic E-state index is -1.77. The molecule has 0 aliphatic carbocycles. The summed E-state index contributed by atoms with van der Waals surface area (Å²) in [6, 6.07) is 0. The van der Waals surface area contributed by atoms with E-state index < -0.39 is 8.32 Å². The van der Waals surface area contributed by atoms with Gasteiger partial charge in [0.05, 0.1) is 12.9 Å². The number of hydrogen-bond acceptors (Lipinski definition) is 3. The van der Waals surface area contributed by atoms with Crippen LogP contribution in [0.15, 0.2) is 12.3 Å². The highest BCUT2D eigenvalue weighted by molar-refractivity contribution is 6.74. The van der Waals surface area contributed by atoms with E-state index in [9.17, 15) is 0 Å². The predicted molar refractivity (Wildman–Crippen MR) is 63.2 cm³/mol. The van der Waals surface area contributed by atoms with Crippen molar-refractivity contribution in [3.8, 4) is 0 Å². The van der Waals surface area contributed by atoms with Crippen LogP contribution < -0.4 is 0 Å². The second-order valence-electron chi connectivity index (χ2n) is 5.53. The first-order valence-corrected chi connectivity index (χ1v) is 8.29.